The van der Waals surface area contributed by atoms with Crippen LogP contribution in [0.15, 0.2) is 59.5 Å². The van der Waals surface area contributed by atoms with E-state index in [1.807, 2.05) is 48.0 Å². The number of nitrogens with zero attached hydrogens (tertiary/aromatic N) is 3. The molecule has 2 unspecified atom stereocenters. The number of aliphatic hydroxyl groups excluding tert-OH is 1. The summed E-state index contributed by atoms with van der Waals surface area (Å²) >= 11 is 0. The Morgan fingerprint density at radius 3 is 2.54 bits per heavy atom. The molecule has 0 aliphatic rings. The van der Waals surface area contributed by atoms with Gasteiger partial charge in [-0.1, -0.05) is 43.3 Å². The first kappa shape index (κ1) is 24.5. The Morgan fingerprint density at radius 1 is 1.06 bits per heavy atom. The smallest absolute Gasteiger partial charge is 0.262 e. The Labute approximate surface area is 204 Å². The van der Waals surface area contributed by atoms with E-state index in [9.17, 15) is 9.90 Å². The van der Waals surface area contributed by atoms with Gasteiger partial charge in [-0.25, -0.2) is 9.67 Å². The number of H-pyrrole nitrogens is 1. The van der Waals surface area contributed by atoms with Crippen LogP contribution < -0.4 is 15.0 Å². The molecule has 8 nitrogen and oxygen atoms in total. The number of aromatic nitrogens is 4. The molecule has 2 atom stereocenters. The second kappa shape index (κ2) is 11.2. The van der Waals surface area contributed by atoms with E-state index in [0.29, 0.717) is 34.8 Å². The van der Waals surface area contributed by atoms with Crippen LogP contribution in [0.4, 0.5) is 0 Å². The number of ether oxygens (including phenoxy) is 2. The number of fused-ring (bicyclic) bond motifs is 1. The van der Waals surface area contributed by atoms with Crippen LogP contribution in [0.3, 0.4) is 0 Å². The largest absolute Gasteiger partial charge is 0.493 e. The van der Waals surface area contributed by atoms with E-state index in [1.165, 1.54) is 5.56 Å². The summed E-state index contributed by atoms with van der Waals surface area (Å²) in [5.41, 5.74) is 2.52. The topological polar surface area (TPSA) is 102 Å². The molecular weight excluding hydrogens is 444 g/mol. The standard InChI is InChI=1S/C27H32N4O4/c1-18(17-32)22(11-7-10-19-8-5-4-6-9-19)31-26-21(16-28-31)27(33)30-25(29-26)15-20-12-13-23(34-2)24(14-20)35-3/h4-6,8-9,12-14,16,18,22,32H,7,10-11,15,17H2,1-3H3,(H,29,30,33). The Morgan fingerprint density at radius 2 is 1.83 bits per heavy atom. The number of hydrogen-bond acceptors (Lipinski definition) is 6. The molecule has 2 N–H and O–H groups in total. The van der Waals surface area contributed by atoms with Crippen molar-refractivity contribution in [2.75, 3.05) is 20.8 Å². The van der Waals surface area contributed by atoms with Gasteiger partial charge in [0.15, 0.2) is 17.1 Å². The quantitative estimate of drug-likeness (QED) is 0.340. The lowest BCUT2D eigenvalue weighted by Crippen LogP contribution is -2.23. The van der Waals surface area contributed by atoms with E-state index in [0.717, 1.165) is 24.8 Å². The average molecular weight is 477 g/mol. The summed E-state index contributed by atoms with van der Waals surface area (Å²) in [6.45, 7) is 2.03. The summed E-state index contributed by atoms with van der Waals surface area (Å²) in [5, 5.41) is 14.9. The van der Waals surface area contributed by atoms with E-state index in [-0.39, 0.29) is 24.1 Å². The molecule has 0 saturated heterocycles. The van der Waals surface area contributed by atoms with Gasteiger partial charge < -0.3 is 19.6 Å². The first-order valence-electron chi connectivity index (χ1n) is 11.9. The van der Waals surface area contributed by atoms with Crippen LogP contribution in [0.25, 0.3) is 11.0 Å². The molecule has 35 heavy (non-hydrogen) atoms. The van der Waals surface area contributed by atoms with E-state index in [4.69, 9.17) is 14.5 Å². The highest BCUT2D eigenvalue weighted by Gasteiger charge is 2.23. The normalized spacial score (nSPS) is 13.0. The van der Waals surface area contributed by atoms with Crippen LogP contribution >= 0.6 is 0 Å². The molecule has 2 aromatic carbocycles. The maximum Gasteiger partial charge on any atom is 0.262 e. The van der Waals surface area contributed by atoms with Crippen molar-refractivity contribution in [1.29, 1.82) is 0 Å². The van der Waals surface area contributed by atoms with E-state index >= 15 is 0 Å². The lowest BCUT2D eigenvalue weighted by Gasteiger charge is -2.23. The predicted octanol–water partition coefficient (Wildman–Crippen LogP) is 3.92. The van der Waals surface area contributed by atoms with Crippen LogP contribution in [0.5, 0.6) is 11.5 Å². The minimum atomic E-state index is -0.226. The van der Waals surface area contributed by atoms with Gasteiger partial charge in [-0.2, -0.15) is 5.10 Å². The van der Waals surface area contributed by atoms with Crippen LogP contribution in [-0.2, 0) is 12.8 Å². The fourth-order valence-corrected chi connectivity index (χ4v) is 4.42. The zero-order chi connectivity index (χ0) is 24.8. The van der Waals surface area contributed by atoms with Crippen molar-refractivity contribution in [3.8, 4) is 11.5 Å². The molecule has 4 rings (SSSR count). The van der Waals surface area contributed by atoms with Crippen molar-refractivity contribution < 1.29 is 14.6 Å². The molecule has 0 saturated carbocycles. The summed E-state index contributed by atoms with van der Waals surface area (Å²) in [4.78, 5) is 20.5. The fraction of sp³-hybridized carbons (Fsp3) is 0.370. The molecule has 8 heteroatoms. The van der Waals surface area contributed by atoms with Gasteiger partial charge in [0.1, 0.15) is 11.2 Å². The van der Waals surface area contributed by atoms with Gasteiger partial charge in [-0.3, -0.25) is 4.79 Å². The van der Waals surface area contributed by atoms with Gasteiger partial charge >= 0.3 is 0 Å². The lowest BCUT2D eigenvalue weighted by molar-refractivity contribution is 0.177. The number of hydrogen-bond donors (Lipinski definition) is 2. The van der Waals surface area contributed by atoms with Crippen LogP contribution in [0.2, 0.25) is 0 Å². The molecule has 0 aliphatic heterocycles. The van der Waals surface area contributed by atoms with Crippen LogP contribution in [-0.4, -0.2) is 45.7 Å². The van der Waals surface area contributed by atoms with Crippen LogP contribution in [0.1, 0.15) is 42.8 Å². The van der Waals surface area contributed by atoms with Crippen molar-refractivity contribution >= 4 is 11.0 Å². The number of rotatable bonds is 11. The molecule has 2 heterocycles. The van der Waals surface area contributed by atoms with Gasteiger partial charge in [-0.05, 0) is 42.5 Å². The number of aliphatic hydroxyl groups is 1. The third-order valence-electron chi connectivity index (χ3n) is 6.40. The zero-order valence-corrected chi connectivity index (χ0v) is 20.4. The fourth-order valence-electron chi connectivity index (χ4n) is 4.42. The third kappa shape index (κ3) is 5.54. The molecule has 0 fully saturated rings. The molecule has 2 aromatic heterocycles. The molecule has 184 valence electrons. The number of benzene rings is 2. The minimum Gasteiger partial charge on any atom is -0.493 e. The SMILES string of the molecule is COc1ccc(Cc2nc3c(cnn3C(CCCc3ccccc3)C(C)CO)c(=O)[nH]2)cc1OC. The molecule has 4 aromatic rings. The Kier molecular flexibility index (Phi) is 7.82. The Balaban J connectivity index is 1.62. The van der Waals surface area contributed by atoms with Crippen molar-refractivity contribution in [2.45, 2.75) is 38.6 Å². The summed E-state index contributed by atoms with van der Waals surface area (Å²) in [5.74, 6) is 1.76. The molecule has 0 spiro atoms. The Bertz CT molecular complexity index is 1320. The molecule has 0 amide bonds. The first-order valence-corrected chi connectivity index (χ1v) is 11.9. The Hall–Kier alpha value is -3.65. The van der Waals surface area contributed by atoms with Crippen molar-refractivity contribution in [1.82, 2.24) is 19.7 Å². The maximum atomic E-state index is 12.8. The van der Waals surface area contributed by atoms with Gasteiger partial charge in [0.05, 0.1) is 26.5 Å². The van der Waals surface area contributed by atoms with Crippen LogP contribution in [0, 0.1) is 5.92 Å². The molecular formula is C27H32N4O4. The third-order valence-corrected chi connectivity index (χ3v) is 6.40. The van der Waals surface area contributed by atoms with Gasteiger partial charge in [0.2, 0.25) is 0 Å². The second-order valence-corrected chi connectivity index (χ2v) is 8.81. The zero-order valence-electron chi connectivity index (χ0n) is 20.4. The number of aromatic amines is 1. The number of methoxy groups -OCH3 is 2. The summed E-state index contributed by atoms with van der Waals surface area (Å²) in [6.07, 6.45) is 4.67. The average Bonchev–Trinajstić information content (AvgIpc) is 3.31. The van der Waals surface area contributed by atoms with E-state index in [1.54, 1.807) is 20.4 Å². The number of nitrogens with one attached hydrogen (secondary N) is 1. The molecule has 0 bridgehead atoms. The highest BCUT2D eigenvalue weighted by atomic mass is 16.5. The second-order valence-electron chi connectivity index (χ2n) is 8.81. The minimum absolute atomic E-state index is 0.0268. The highest BCUT2D eigenvalue weighted by molar-refractivity contribution is 5.73. The monoisotopic (exact) mass is 476 g/mol. The molecule has 0 radical (unpaired) electrons. The first-order chi connectivity index (χ1) is 17.0. The number of aryl methyl sites for hydroxylation is 1. The van der Waals surface area contributed by atoms with Crippen molar-refractivity contribution in [3.05, 3.63) is 82.0 Å². The summed E-state index contributed by atoms with van der Waals surface area (Å²) in [7, 11) is 3.18. The maximum absolute atomic E-state index is 12.8. The van der Waals surface area contributed by atoms with Crippen molar-refractivity contribution in [3.63, 3.8) is 0 Å². The van der Waals surface area contributed by atoms with Gasteiger partial charge in [0, 0.05) is 18.9 Å². The van der Waals surface area contributed by atoms with E-state index < -0.39 is 0 Å². The van der Waals surface area contributed by atoms with E-state index in [2.05, 4.69) is 22.2 Å². The summed E-state index contributed by atoms with van der Waals surface area (Å²) in [6, 6.07) is 15.9. The van der Waals surface area contributed by atoms with Crippen molar-refractivity contribution in [2.24, 2.45) is 5.92 Å². The molecule has 0 aliphatic carbocycles. The summed E-state index contributed by atoms with van der Waals surface area (Å²) < 4.78 is 12.5. The lowest BCUT2D eigenvalue weighted by atomic mass is 9.96. The van der Waals surface area contributed by atoms with Gasteiger partial charge in [0.25, 0.3) is 5.56 Å². The predicted molar refractivity (Wildman–Crippen MR) is 135 cm³/mol. The highest BCUT2D eigenvalue weighted by Crippen LogP contribution is 2.29. The van der Waals surface area contributed by atoms with Gasteiger partial charge in [-0.15, -0.1) is 0 Å².